The average molecular weight is 289 g/mol. The molecule has 0 atom stereocenters. The van der Waals surface area contributed by atoms with Gasteiger partial charge in [0.1, 0.15) is 11.5 Å². The molecule has 0 radical (unpaired) electrons. The molecule has 0 fully saturated rings. The number of hydrogen-bond donors (Lipinski definition) is 2. The second-order valence-electron chi connectivity index (χ2n) is 5.06. The SMILES string of the molecule is CC(C)(C)NC(=O)C(=O)Nc1cccc(C(F)(F)F)n1. The Morgan fingerprint density at radius 1 is 1.10 bits per heavy atom. The fourth-order valence-corrected chi connectivity index (χ4v) is 1.23. The molecule has 0 aliphatic rings. The van der Waals surface area contributed by atoms with Crippen LogP contribution in [0.5, 0.6) is 0 Å². The molecule has 2 amide bonds. The van der Waals surface area contributed by atoms with Crippen LogP contribution in [-0.2, 0) is 15.8 Å². The second kappa shape index (κ2) is 5.48. The van der Waals surface area contributed by atoms with Crippen molar-refractivity contribution < 1.29 is 22.8 Å². The predicted molar refractivity (Wildman–Crippen MR) is 65.8 cm³/mol. The molecule has 110 valence electrons. The lowest BCUT2D eigenvalue weighted by Crippen LogP contribution is -2.46. The van der Waals surface area contributed by atoms with Crippen LogP contribution in [0.25, 0.3) is 0 Å². The number of pyridine rings is 1. The van der Waals surface area contributed by atoms with Gasteiger partial charge in [-0.3, -0.25) is 9.59 Å². The fourth-order valence-electron chi connectivity index (χ4n) is 1.23. The first-order valence-corrected chi connectivity index (χ1v) is 5.67. The van der Waals surface area contributed by atoms with Crippen LogP contribution in [0.4, 0.5) is 19.0 Å². The number of aromatic nitrogens is 1. The molecule has 1 rings (SSSR count). The van der Waals surface area contributed by atoms with Gasteiger partial charge >= 0.3 is 18.0 Å². The summed E-state index contributed by atoms with van der Waals surface area (Å²) in [5.41, 5.74) is -1.78. The summed E-state index contributed by atoms with van der Waals surface area (Å²) in [6, 6.07) is 3.02. The Bertz CT molecular complexity index is 521. The van der Waals surface area contributed by atoms with Crippen molar-refractivity contribution in [3.63, 3.8) is 0 Å². The Morgan fingerprint density at radius 3 is 2.20 bits per heavy atom. The zero-order valence-electron chi connectivity index (χ0n) is 11.1. The number of nitrogens with zero attached hydrogens (tertiary/aromatic N) is 1. The number of rotatable bonds is 1. The Kier molecular flexibility index (Phi) is 4.36. The van der Waals surface area contributed by atoms with Crippen molar-refractivity contribution in [2.24, 2.45) is 0 Å². The molecule has 0 saturated carbocycles. The van der Waals surface area contributed by atoms with Crippen molar-refractivity contribution in [1.82, 2.24) is 10.3 Å². The number of alkyl halides is 3. The summed E-state index contributed by atoms with van der Waals surface area (Å²) in [5.74, 6) is -2.36. The standard InChI is InChI=1S/C12H14F3N3O2/c1-11(2,3)18-10(20)9(19)17-8-6-4-5-7(16-8)12(13,14)15/h4-6H,1-3H3,(H,18,20)(H,16,17,19). The number of nitrogens with one attached hydrogen (secondary N) is 2. The van der Waals surface area contributed by atoms with Gasteiger partial charge in [-0.25, -0.2) is 4.98 Å². The van der Waals surface area contributed by atoms with Crippen LogP contribution in [0.2, 0.25) is 0 Å². The molecule has 0 saturated heterocycles. The maximum absolute atomic E-state index is 12.4. The Labute approximate surface area is 113 Å². The molecule has 2 N–H and O–H groups in total. The maximum atomic E-state index is 12.4. The van der Waals surface area contributed by atoms with Gasteiger partial charge in [0.15, 0.2) is 0 Å². The van der Waals surface area contributed by atoms with Gasteiger partial charge in [0.05, 0.1) is 0 Å². The van der Waals surface area contributed by atoms with Crippen molar-refractivity contribution in [2.45, 2.75) is 32.5 Å². The largest absolute Gasteiger partial charge is 0.433 e. The molecule has 1 aromatic rings. The minimum atomic E-state index is -4.62. The minimum absolute atomic E-state index is 0.339. The van der Waals surface area contributed by atoms with E-state index < -0.39 is 29.2 Å². The summed E-state index contributed by atoms with van der Waals surface area (Å²) in [4.78, 5) is 26.2. The van der Waals surface area contributed by atoms with E-state index in [4.69, 9.17) is 0 Å². The van der Waals surface area contributed by atoms with Crippen LogP contribution in [-0.4, -0.2) is 22.3 Å². The van der Waals surface area contributed by atoms with Gasteiger partial charge in [0.2, 0.25) is 0 Å². The van der Waals surface area contributed by atoms with Crippen molar-refractivity contribution in [1.29, 1.82) is 0 Å². The third-order valence-corrected chi connectivity index (χ3v) is 1.98. The molecule has 0 aliphatic carbocycles. The van der Waals surface area contributed by atoms with E-state index in [1.54, 1.807) is 20.8 Å². The summed E-state index contributed by atoms with van der Waals surface area (Å²) in [6.45, 7) is 5.00. The number of carbonyl (C=O) groups is 2. The highest BCUT2D eigenvalue weighted by atomic mass is 19.4. The number of anilines is 1. The lowest BCUT2D eigenvalue weighted by molar-refractivity contribution is -0.141. The monoisotopic (exact) mass is 289 g/mol. The van der Waals surface area contributed by atoms with Gasteiger partial charge in [-0.1, -0.05) is 6.07 Å². The van der Waals surface area contributed by atoms with Gasteiger partial charge < -0.3 is 10.6 Å². The molecular weight excluding hydrogens is 275 g/mol. The van der Waals surface area contributed by atoms with Crippen LogP contribution in [0, 0.1) is 0 Å². The molecule has 1 heterocycles. The van der Waals surface area contributed by atoms with E-state index in [0.717, 1.165) is 18.2 Å². The van der Waals surface area contributed by atoms with Crippen molar-refractivity contribution in [2.75, 3.05) is 5.32 Å². The van der Waals surface area contributed by atoms with Crippen molar-refractivity contribution in [3.8, 4) is 0 Å². The molecule has 0 bridgehead atoms. The highest BCUT2D eigenvalue weighted by Gasteiger charge is 2.32. The number of carbonyl (C=O) groups excluding carboxylic acids is 2. The van der Waals surface area contributed by atoms with Crippen LogP contribution < -0.4 is 10.6 Å². The smallest absolute Gasteiger partial charge is 0.343 e. The zero-order valence-corrected chi connectivity index (χ0v) is 11.1. The van der Waals surface area contributed by atoms with Crippen LogP contribution in [0.15, 0.2) is 18.2 Å². The lowest BCUT2D eigenvalue weighted by Gasteiger charge is -2.19. The quantitative estimate of drug-likeness (QED) is 0.776. The first-order chi connectivity index (χ1) is 8.99. The molecule has 20 heavy (non-hydrogen) atoms. The molecule has 8 heteroatoms. The van der Waals surface area contributed by atoms with Crippen molar-refractivity contribution in [3.05, 3.63) is 23.9 Å². The van der Waals surface area contributed by atoms with Gasteiger partial charge in [-0.05, 0) is 32.9 Å². The minimum Gasteiger partial charge on any atom is -0.343 e. The Morgan fingerprint density at radius 2 is 1.70 bits per heavy atom. The van der Waals surface area contributed by atoms with E-state index in [-0.39, 0.29) is 5.82 Å². The summed E-state index contributed by atoms with van der Waals surface area (Å²) >= 11 is 0. The summed E-state index contributed by atoms with van der Waals surface area (Å²) in [5, 5.41) is 4.40. The molecular formula is C12H14F3N3O2. The molecule has 0 unspecified atom stereocenters. The van der Waals surface area contributed by atoms with Crippen LogP contribution >= 0.6 is 0 Å². The topological polar surface area (TPSA) is 71.1 Å². The third-order valence-electron chi connectivity index (χ3n) is 1.98. The third kappa shape index (κ3) is 4.87. The van der Waals surface area contributed by atoms with E-state index in [1.807, 2.05) is 5.32 Å². The molecule has 0 aromatic carbocycles. The number of halogens is 3. The predicted octanol–water partition coefficient (Wildman–Crippen LogP) is 1.95. The van der Waals surface area contributed by atoms with E-state index in [9.17, 15) is 22.8 Å². The average Bonchev–Trinajstić information content (AvgIpc) is 2.25. The molecule has 5 nitrogen and oxygen atoms in total. The van der Waals surface area contributed by atoms with Gasteiger partial charge in [-0.15, -0.1) is 0 Å². The van der Waals surface area contributed by atoms with Crippen LogP contribution in [0.3, 0.4) is 0 Å². The fraction of sp³-hybridized carbons (Fsp3) is 0.417. The summed E-state index contributed by atoms with van der Waals surface area (Å²) in [6.07, 6.45) is -4.62. The molecule has 0 spiro atoms. The first-order valence-electron chi connectivity index (χ1n) is 5.67. The van der Waals surface area contributed by atoms with E-state index in [0.29, 0.717) is 0 Å². The molecule has 0 aliphatic heterocycles. The Balaban J connectivity index is 2.79. The highest BCUT2D eigenvalue weighted by Crippen LogP contribution is 2.28. The molecule has 1 aromatic heterocycles. The summed E-state index contributed by atoms with van der Waals surface area (Å²) < 4.78 is 37.3. The summed E-state index contributed by atoms with van der Waals surface area (Å²) in [7, 11) is 0. The number of hydrogen-bond acceptors (Lipinski definition) is 3. The normalized spacial score (nSPS) is 11.9. The van der Waals surface area contributed by atoms with E-state index >= 15 is 0 Å². The lowest BCUT2D eigenvalue weighted by atomic mass is 10.1. The van der Waals surface area contributed by atoms with Gasteiger partial charge in [0.25, 0.3) is 0 Å². The van der Waals surface area contributed by atoms with E-state index in [1.165, 1.54) is 0 Å². The second-order valence-corrected chi connectivity index (χ2v) is 5.06. The first kappa shape index (κ1) is 15.9. The van der Waals surface area contributed by atoms with Crippen LogP contribution in [0.1, 0.15) is 26.5 Å². The van der Waals surface area contributed by atoms with E-state index in [2.05, 4.69) is 10.3 Å². The van der Waals surface area contributed by atoms with Gasteiger partial charge in [-0.2, -0.15) is 13.2 Å². The highest BCUT2D eigenvalue weighted by molar-refractivity contribution is 6.39. The number of amides is 2. The maximum Gasteiger partial charge on any atom is 0.433 e. The van der Waals surface area contributed by atoms with Crippen molar-refractivity contribution >= 4 is 17.6 Å². The van der Waals surface area contributed by atoms with Gasteiger partial charge in [0, 0.05) is 5.54 Å². The zero-order chi connectivity index (χ0) is 15.6. The Hall–Kier alpha value is -2.12.